The zero-order valence-corrected chi connectivity index (χ0v) is 19.5. The Kier molecular flexibility index (Phi) is 5.48. The van der Waals surface area contributed by atoms with Crippen molar-refractivity contribution in [2.45, 2.75) is 26.3 Å². The molecule has 162 valence electrons. The lowest BCUT2D eigenvalue weighted by molar-refractivity contribution is 0.560. The van der Waals surface area contributed by atoms with E-state index >= 15 is 0 Å². The fraction of sp³-hybridized carbons (Fsp3) is 0.125. The van der Waals surface area contributed by atoms with Gasteiger partial charge in [-0.15, -0.1) is 0 Å². The van der Waals surface area contributed by atoms with Crippen LogP contribution in [0.1, 0.15) is 20.8 Å². The summed E-state index contributed by atoms with van der Waals surface area (Å²) < 4.78 is 0. The zero-order chi connectivity index (χ0) is 22.8. The number of benzene rings is 5. The lowest BCUT2D eigenvalue weighted by Gasteiger charge is -2.38. The highest BCUT2D eigenvalue weighted by Gasteiger charge is 2.23. The van der Waals surface area contributed by atoms with Crippen LogP contribution in [0.5, 0.6) is 0 Å². The Hall–Kier alpha value is -3.84. The Balaban J connectivity index is 1.47. The third-order valence-corrected chi connectivity index (χ3v) is 6.11. The van der Waals surface area contributed by atoms with Gasteiger partial charge in [0.25, 0.3) is 0 Å². The van der Waals surface area contributed by atoms with E-state index in [4.69, 9.17) is 0 Å². The van der Waals surface area contributed by atoms with E-state index in [1.54, 1.807) is 0 Å². The summed E-state index contributed by atoms with van der Waals surface area (Å²) in [5.41, 5.74) is 7.29. The minimum absolute atomic E-state index is 0.0568. The normalized spacial score (nSPS) is 11.5. The molecule has 0 spiro atoms. The summed E-state index contributed by atoms with van der Waals surface area (Å²) >= 11 is 0. The highest BCUT2D eigenvalue weighted by Crippen LogP contribution is 2.36. The van der Waals surface area contributed by atoms with E-state index in [9.17, 15) is 0 Å². The van der Waals surface area contributed by atoms with Gasteiger partial charge in [-0.3, -0.25) is 0 Å². The summed E-state index contributed by atoms with van der Waals surface area (Å²) in [7, 11) is 0. The molecule has 0 aromatic heterocycles. The van der Waals surface area contributed by atoms with Crippen LogP contribution in [0.2, 0.25) is 0 Å². The van der Waals surface area contributed by atoms with Crippen molar-refractivity contribution in [1.29, 1.82) is 0 Å². The molecule has 0 fully saturated rings. The van der Waals surface area contributed by atoms with Gasteiger partial charge in [0.15, 0.2) is 0 Å². The third-order valence-electron chi connectivity index (χ3n) is 6.11. The van der Waals surface area contributed by atoms with Crippen LogP contribution in [0.25, 0.3) is 33.0 Å². The maximum absolute atomic E-state index is 2.41. The fourth-order valence-corrected chi connectivity index (χ4v) is 4.53. The monoisotopic (exact) mass is 427 g/mol. The largest absolute Gasteiger partial charge is 0.336 e. The minimum Gasteiger partial charge on any atom is -0.336 e. The number of nitrogens with zero attached hydrogens (tertiary/aromatic N) is 1. The second kappa shape index (κ2) is 8.60. The first-order chi connectivity index (χ1) is 16.0. The lowest BCUT2D eigenvalue weighted by Crippen LogP contribution is -2.37. The first-order valence-corrected chi connectivity index (χ1v) is 11.5. The molecule has 0 saturated carbocycles. The van der Waals surface area contributed by atoms with Crippen LogP contribution in [-0.4, -0.2) is 5.54 Å². The van der Waals surface area contributed by atoms with Gasteiger partial charge in [0.05, 0.1) is 0 Å². The Bertz CT molecular complexity index is 1360. The van der Waals surface area contributed by atoms with Crippen LogP contribution in [0.3, 0.4) is 0 Å². The van der Waals surface area contributed by atoms with Crippen molar-refractivity contribution in [1.82, 2.24) is 0 Å². The Labute approximate surface area is 197 Å². The highest BCUT2D eigenvalue weighted by atomic mass is 15.2. The summed E-state index contributed by atoms with van der Waals surface area (Å²) in [5.74, 6) is 0. The molecule has 5 aromatic carbocycles. The summed E-state index contributed by atoms with van der Waals surface area (Å²) in [6.45, 7) is 6.78. The predicted octanol–water partition coefficient (Wildman–Crippen LogP) is 9.11. The van der Waals surface area contributed by atoms with Gasteiger partial charge in [-0.1, -0.05) is 91.0 Å². The van der Waals surface area contributed by atoms with E-state index in [-0.39, 0.29) is 5.54 Å². The van der Waals surface area contributed by atoms with Gasteiger partial charge in [-0.25, -0.2) is 0 Å². The number of hydrogen-bond donors (Lipinski definition) is 0. The second-order valence-corrected chi connectivity index (χ2v) is 9.53. The first kappa shape index (κ1) is 21.0. The molecule has 1 heteroatoms. The van der Waals surface area contributed by atoms with Crippen molar-refractivity contribution >= 4 is 22.1 Å². The zero-order valence-electron chi connectivity index (χ0n) is 19.5. The highest BCUT2D eigenvalue weighted by molar-refractivity contribution is 5.87. The molecule has 1 nitrogen and oxygen atoms in total. The van der Waals surface area contributed by atoms with E-state index in [0.717, 1.165) is 0 Å². The maximum atomic E-state index is 2.41. The van der Waals surface area contributed by atoms with Crippen molar-refractivity contribution in [2.75, 3.05) is 4.90 Å². The second-order valence-electron chi connectivity index (χ2n) is 9.53. The molecule has 33 heavy (non-hydrogen) atoms. The van der Waals surface area contributed by atoms with Crippen LogP contribution in [-0.2, 0) is 0 Å². The Morgan fingerprint density at radius 3 is 1.45 bits per heavy atom. The molecule has 5 aromatic rings. The number of fused-ring (bicyclic) bond motifs is 1. The van der Waals surface area contributed by atoms with Crippen molar-refractivity contribution in [3.8, 4) is 22.3 Å². The van der Waals surface area contributed by atoms with Crippen molar-refractivity contribution in [2.24, 2.45) is 0 Å². The molecule has 0 N–H and O–H groups in total. The third kappa shape index (κ3) is 4.40. The summed E-state index contributed by atoms with van der Waals surface area (Å²) in [6, 6.07) is 43.6. The molecular formula is C32H29N. The van der Waals surface area contributed by atoms with Gasteiger partial charge in [-0.05, 0) is 84.1 Å². The number of anilines is 2. The van der Waals surface area contributed by atoms with E-state index in [0.29, 0.717) is 0 Å². The van der Waals surface area contributed by atoms with Crippen molar-refractivity contribution in [3.05, 3.63) is 121 Å². The van der Waals surface area contributed by atoms with Gasteiger partial charge >= 0.3 is 0 Å². The molecule has 0 radical (unpaired) electrons. The molecule has 0 aliphatic rings. The van der Waals surface area contributed by atoms with Crippen molar-refractivity contribution < 1.29 is 0 Å². The molecule has 0 heterocycles. The van der Waals surface area contributed by atoms with Gasteiger partial charge in [0.1, 0.15) is 0 Å². The van der Waals surface area contributed by atoms with Crippen LogP contribution in [0, 0.1) is 0 Å². The van der Waals surface area contributed by atoms with E-state index in [2.05, 4.69) is 147 Å². The van der Waals surface area contributed by atoms with Crippen LogP contribution < -0.4 is 4.90 Å². The molecule has 0 amide bonds. The van der Waals surface area contributed by atoms with Crippen LogP contribution in [0.15, 0.2) is 121 Å². The fourth-order valence-electron chi connectivity index (χ4n) is 4.53. The minimum atomic E-state index is -0.0568. The average molecular weight is 428 g/mol. The quantitative estimate of drug-likeness (QED) is 0.276. The van der Waals surface area contributed by atoms with Gasteiger partial charge < -0.3 is 4.90 Å². The summed E-state index contributed by atoms with van der Waals surface area (Å²) in [4.78, 5) is 2.41. The molecule has 0 unspecified atom stereocenters. The molecule has 0 bridgehead atoms. The topological polar surface area (TPSA) is 3.24 Å². The van der Waals surface area contributed by atoms with Gasteiger partial charge in [0.2, 0.25) is 0 Å². The Morgan fingerprint density at radius 2 is 0.879 bits per heavy atom. The van der Waals surface area contributed by atoms with E-state index in [1.807, 2.05) is 0 Å². The maximum Gasteiger partial charge on any atom is 0.0416 e. The average Bonchev–Trinajstić information content (AvgIpc) is 2.84. The van der Waals surface area contributed by atoms with Crippen LogP contribution >= 0.6 is 0 Å². The van der Waals surface area contributed by atoms with Crippen LogP contribution in [0.4, 0.5) is 11.4 Å². The molecule has 5 rings (SSSR count). The first-order valence-electron chi connectivity index (χ1n) is 11.5. The number of hydrogen-bond acceptors (Lipinski definition) is 1. The van der Waals surface area contributed by atoms with Gasteiger partial charge in [-0.2, -0.15) is 0 Å². The molecule has 0 aliphatic heterocycles. The molecule has 0 atom stereocenters. The summed E-state index contributed by atoms with van der Waals surface area (Å²) in [6.07, 6.45) is 0. The molecule has 0 aliphatic carbocycles. The van der Waals surface area contributed by atoms with E-state index in [1.165, 1.54) is 44.4 Å². The molecule has 0 saturated heterocycles. The number of rotatable bonds is 4. The standard InChI is InChI=1S/C32H29N/c1-32(2,3)33(30-19-15-26(16-20-30)24-9-5-4-6-10-24)31-21-17-27(18-22-31)29-14-13-25-11-7-8-12-28(25)23-29/h4-23H,1-3H3. The van der Waals surface area contributed by atoms with Crippen molar-refractivity contribution in [3.63, 3.8) is 0 Å². The SMILES string of the molecule is CC(C)(C)N(c1ccc(-c2ccccc2)cc1)c1ccc(-c2ccc3ccccc3c2)cc1. The smallest absolute Gasteiger partial charge is 0.0416 e. The predicted molar refractivity (Wildman–Crippen MR) is 143 cm³/mol. The van der Waals surface area contributed by atoms with E-state index < -0.39 is 0 Å². The lowest BCUT2D eigenvalue weighted by atomic mass is 9.98. The summed E-state index contributed by atoms with van der Waals surface area (Å²) in [5, 5.41) is 2.55. The molecular weight excluding hydrogens is 398 g/mol. The Morgan fingerprint density at radius 1 is 0.424 bits per heavy atom. The van der Waals surface area contributed by atoms with Gasteiger partial charge in [0, 0.05) is 16.9 Å².